The van der Waals surface area contributed by atoms with E-state index in [9.17, 15) is 23.1 Å². The number of likely N-dealkylation sites (tertiary alicyclic amines) is 1. The van der Waals surface area contributed by atoms with Crippen LogP contribution in [0.2, 0.25) is 0 Å². The van der Waals surface area contributed by atoms with Gasteiger partial charge in [-0.05, 0) is 20.3 Å². The van der Waals surface area contributed by atoms with Crippen LogP contribution in [0.5, 0.6) is 0 Å². The predicted octanol–water partition coefficient (Wildman–Crippen LogP) is -0.241. The third kappa shape index (κ3) is 2.91. The van der Waals surface area contributed by atoms with Gasteiger partial charge in [-0.25, -0.2) is 8.42 Å². The molecule has 2 fully saturated rings. The molecule has 120 valence electrons. The van der Waals surface area contributed by atoms with E-state index in [0.29, 0.717) is 19.6 Å². The summed E-state index contributed by atoms with van der Waals surface area (Å²) in [6.07, 6.45) is 0.355. The van der Waals surface area contributed by atoms with Crippen LogP contribution in [-0.2, 0) is 24.2 Å². The molecule has 1 N–H and O–H groups in total. The number of carboxylic acids is 1. The zero-order chi connectivity index (χ0) is 15.8. The fourth-order valence-corrected chi connectivity index (χ4v) is 3.78. The van der Waals surface area contributed by atoms with Crippen LogP contribution in [0.15, 0.2) is 0 Å². The first-order valence-electron chi connectivity index (χ1n) is 6.99. The topological polar surface area (TPSA) is 101 Å². The Morgan fingerprint density at radius 1 is 1.43 bits per heavy atom. The summed E-state index contributed by atoms with van der Waals surface area (Å²) in [5, 5.41) is 8.89. The van der Waals surface area contributed by atoms with E-state index in [-0.39, 0.29) is 19.0 Å². The molecule has 2 atom stereocenters. The Kier molecular flexibility index (Phi) is 4.30. The molecule has 2 aliphatic rings. The minimum atomic E-state index is -3.48. The number of amides is 1. The molecule has 0 saturated carbocycles. The quantitative estimate of drug-likeness (QED) is 0.767. The molecule has 1 amide bonds. The number of carbonyl (C=O) groups excluding carboxylic acids is 1. The second-order valence-electron chi connectivity index (χ2n) is 6.11. The molecule has 0 bridgehead atoms. The molecular formula is C13H21NO6S. The molecule has 7 nitrogen and oxygen atoms in total. The van der Waals surface area contributed by atoms with Crippen molar-refractivity contribution in [3.8, 4) is 0 Å². The third-order valence-corrected chi connectivity index (χ3v) is 6.61. The average Bonchev–Trinajstić information content (AvgIpc) is 2.78. The van der Waals surface area contributed by atoms with E-state index in [0.717, 1.165) is 0 Å². The summed E-state index contributed by atoms with van der Waals surface area (Å²) < 4.78 is 29.0. The van der Waals surface area contributed by atoms with Crippen molar-refractivity contribution in [2.24, 2.45) is 11.3 Å². The summed E-state index contributed by atoms with van der Waals surface area (Å²) in [5.74, 6) is -2.28. The first kappa shape index (κ1) is 16.2. The molecule has 0 aromatic rings. The van der Waals surface area contributed by atoms with Gasteiger partial charge in [0.05, 0.1) is 17.3 Å². The SMILES string of the molecule is CC(C)S(=O)(=O)CC(=O)N1C[C@H]2COCC[C@@]2(C(=O)O)C1. The summed E-state index contributed by atoms with van der Waals surface area (Å²) in [6.45, 7) is 4.03. The molecule has 2 rings (SSSR count). The van der Waals surface area contributed by atoms with Crippen molar-refractivity contribution in [1.29, 1.82) is 0 Å². The number of fused-ring (bicyclic) bond motifs is 1. The standard InChI is InChI=1S/C13H21NO6S/c1-9(2)21(18,19)7-11(15)14-5-10-6-20-4-3-13(10,8-14)12(16)17/h9-10H,3-8H2,1-2H3,(H,16,17)/t10-,13+/m0/s1. The normalized spacial score (nSPS) is 29.5. The van der Waals surface area contributed by atoms with Crippen LogP contribution in [0.25, 0.3) is 0 Å². The number of nitrogens with zero attached hydrogens (tertiary/aromatic N) is 1. The maximum absolute atomic E-state index is 12.2. The van der Waals surface area contributed by atoms with Crippen LogP contribution >= 0.6 is 0 Å². The maximum atomic E-state index is 12.2. The van der Waals surface area contributed by atoms with Gasteiger partial charge in [0, 0.05) is 25.6 Å². The minimum Gasteiger partial charge on any atom is -0.481 e. The van der Waals surface area contributed by atoms with E-state index in [2.05, 4.69) is 0 Å². The first-order valence-corrected chi connectivity index (χ1v) is 8.71. The van der Waals surface area contributed by atoms with Crippen LogP contribution in [0.4, 0.5) is 0 Å². The lowest BCUT2D eigenvalue weighted by atomic mass is 9.74. The Labute approximate surface area is 124 Å². The van der Waals surface area contributed by atoms with Crippen LogP contribution < -0.4 is 0 Å². The Balaban J connectivity index is 2.13. The van der Waals surface area contributed by atoms with Gasteiger partial charge in [0.1, 0.15) is 5.75 Å². The maximum Gasteiger partial charge on any atom is 0.311 e. The van der Waals surface area contributed by atoms with Gasteiger partial charge < -0.3 is 14.7 Å². The monoisotopic (exact) mass is 319 g/mol. The van der Waals surface area contributed by atoms with E-state index >= 15 is 0 Å². The van der Waals surface area contributed by atoms with Gasteiger partial charge in [-0.2, -0.15) is 0 Å². The fraction of sp³-hybridized carbons (Fsp3) is 0.846. The van der Waals surface area contributed by atoms with Crippen LogP contribution in [0.3, 0.4) is 0 Å². The highest BCUT2D eigenvalue weighted by Crippen LogP contribution is 2.42. The lowest BCUT2D eigenvalue weighted by molar-refractivity contribution is -0.157. The molecule has 2 heterocycles. The Morgan fingerprint density at radius 2 is 2.10 bits per heavy atom. The molecular weight excluding hydrogens is 298 g/mol. The summed E-state index contributed by atoms with van der Waals surface area (Å²) >= 11 is 0. The van der Waals surface area contributed by atoms with E-state index in [1.54, 1.807) is 0 Å². The molecule has 0 aromatic heterocycles. The number of aliphatic carboxylic acids is 1. The number of hydrogen-bond donors (Lipinski definition) is 1. The molecule has 0 aliphatic carbocycles. The smallest absolute Gasteiger partial charge is 0.311 e. The summed E-state index contributed by atoms with van der Waals surface area (Å²) in [5.41, 5.74) is -0.991. The predicted molar refractivity (Wildman–Crippen MR) is 74.5 cm³/mol. The number of carboxylic acid groups (broad SMARTS) is 1. The van der Waals surface area contributed by atoms with Crippen LogP contribution in [0, 0.1) is 11.3 Å². The lowest BCUT2D eigenvalue weighted by Crippen LogP contribution is -2.45. The van der Waals surface area contributed by atoms with Crippen LogP contribution in [-0.4, -0.2) is 67.6 Å². The van der Waals surface area contributed by atoms with Gasteiger partial charge in [-0.1, -0.05) is 0 Å². The van der Waals surface area contributed by atoms with Crippen molar-refractivity contribution in [2.45, 2.75) is 25.5 Å². The van der Waals surface area contributed by atoms with Gasteiger partial charge in [-0.15, -0.1) is 0 Å². The molecule has 0 spiro atoms. The highest BCUT2D eigenvalue weighted by Gasteiger charge is 2.55. The van der Waals surface area contributed by atoms with E-state index in [4.69, 9.17) is 4.74 Å². The van der Waals surface area contributed by atoms with E-state index in [1.165, 1.54) is 18.7 Å². The van der Waals surface area contributed by atoms with Gasteiger partial charge in [0.25, 0.3) is 0 Å². The highest BCUT2D eigenvalue weighted by molar-refractivity contribution is 7.92. The van der Waals surface area contributed by atoms with Crippen molar-refractivity contribution in [3.63, 3.8) is 0 Å². The molecule has 0 aromatic carbocycles. The van der Waals surface area contributed by atoms with Gasteiger partial charge in [0.15, 0.2) is 9.84 Å². The minimum absolute atomic E-state index is 0.0722. The Morgan fingerprint density at radius 3 is 2.62 bits per heavy atom. The van der Waals surface area contributed by atoms with E-state index < -0.39 is 38.1 Å². The molecule has 0 radical (unpaired) electrons. The van der Waals surface area contributed by atoms with Gasteiger partial charge in [-0.3, -0.25) is 9.59 Å². The van der Waals surface area contributed by atoms with E-state index in [1.807, 2.05) is 0 Å². The van der Waals surface area contributed by atoms with Crippen molar-refractivity contribution in [2.75, 3.05) is 32.1 Å². The van der Waals surface area contributed by atoms with Crippen molar-refractivity contribution < 1.29 is 27.9 Å². The summed E-state index contributed by atoms with van der Waals surface area (Å²) in [7, 11) is -3.48. The van der Waals surface area contributed by atoms with Gasteiger partial charge in [0.2, 0.25) is 5.91 Å². The molecule has 0 unspecified atom stereocenters. The number of hydrogen-bond acceptors (Lipinski definition) is 5. The zero-order valence-corrected chi connectivity index (χ0v) is 13.1. The second-order valence-corrected chi connectivity index (χ2v) is 8.67. The van der Waals surface area contributed by atoms with Gasteiger partial charge >= 0.3 is 5.97 Å². The highest BCUT2D eigenvalue weighted by atomic mass is 32.2. The van der Waals surface area contributed by atoms with Crippen molar-refractivity contribution >= 4 is 21.7 Å². The molecule has 2 saturated heterocycles. The average molecular weight is 319 g/mol. The summed E-state index contributed by atoms with van der Waals surface area (Å²) in [6, 6.07) is 0. The van der Waals surface area contributed by atoms with Crippen LogP contribution in [0.1, 0.15) is 20.3 Å². The number of sulfone groups is 1. The Bertz CT molecular complexity index is 543. The van der Waals surface area contributed by atoms with Crippen molar-refractivity contribution in [1.82, 2.24) is 4.90 Å². The number of carbonyl (C=O) groups is 2. The molecule has 2 aliphatic heterocycles. The Hall–Kier alpha value is -1.15. The fourth-order valence-electron chi connectivity index (χ4n) is 2.92. The zero-order valence-electron chi connectivity index (χ0n) is 12.2. The molecule has 8 heteroatoms. The third-order valence-electron chi connectivity index (χ3n) is 4.53. The lowest BCUT2D eigenvalue weighted by Gasteiger charge is -2.33. The first-order chi connectivity index (χ1) is 9.69. The summed E-state index contributed by atoms with van der Waals surface area (Å²) in [4.78, 5) is 25.2. The second kappa shape index (κ2) is 5.57. The molecule has 21 heavy (non-hydrogen) atoms. The van der Waals surface area contributed by atoms with Crippen molar-refractivity contribution in [3.05, 3.63) is 0 Å². The largest absolute Gasteiger partial charge is 0.481 e. The number of rotatable bonds is 4. The number of ether oxygens (including phenoxy) is 1.